The summed E-state index contributed by atoms with van der Waals surface area (Å²) in [7, 11) is 0. The van der Waals surface area contributed by atoms with E-state index in [9.17, 15) is 15.0 Å². The van der Waals surface area contributed by atoms with Gasteiger partial charge in [-0.05, 0) is 37.5 Å². The van der Waals surface area contributed by atoms with Gasteiger partial charge in [0.2, 0.25) is 0 Å². The van der Waals surface area contributed by atoms with Crippen LogP contribution in [0.5, 0.6) is 11.5 Å². The van der Waals surface area contributed by atoms with Crippen LogP contribution >= 0.6 is 0 Å². The zero-order valence-corrected chi connectivity index (χ0v) is 11.7. The molecule has 0 saturated heterocycles. The van der Waals surface area contributed by atoms with Gasteiger partial charge in [0, 0.05) is 12.0 Å². The third-order valence-electron chi connectivity index (χ3n) is 3.48. The lowest BCUT2D eigenvalue weighted by Crippen LogP contribution is -2.03. The lowest BCUT2D eigenvalue weighted by molar-refractivity contribution is 0.0980. The van der Waals surface area contributed by atoms with E-state index in [1.54, 1.807) is 19.9 Å². The molecular weight excluding hydrogens is 252 g/mol. The van der Waals surface area contributed by atoms with Crippen molar-refractivity contribution in [3.05, 3.63) is 58.7 Å². The van der Waals surface area contributed by atoms with Gasteiger partial charge < -0.3 is 10.2 Å². The number of phenolic OH excluding ortho intramolecular Hbond substituents is 2. The number of phenols is 2. The molecule has 0 heterocycles. The molecule has 2 N–H and O–H groups in total. The highest BCUT2D eigenvalue weighted by atomic mass is 16.3. The number of aromatic hydroxyl groups is 2. The highest BCUT2D eigenvalue weighted by Crippen LogP contribution is 2.33. The van der Waals surface area contributed by atoms with E-state index in [1.165, 1.54) is 0 Å². The molecular formula is C17H18O3. The van der Waals surface area contributed by atoms with Gasteiger partial charge >= 0.3 is 0 Å². The Bertz CT molecular complexity index is 630. The largest absolute Gasteiger partial charge is 0.507 e. The summed E-state index contributed by atoms with van der Waals surface area (Å²) in [6, 6.07) is 11.3. The Morgan fingerprint density at radius 1 is 1.05 bits per heavy atom. The van der Waals surface area contributed by atoms with Gasteiger partial charge in [-0.1, -0.05) is 30.3 Å². The Hall–Kier alpha value is -2.29. The normalized spacial score (nSPS) is 10.5. The van der Waals surface area contributed by atoms with E-state index in [-0.39, 0.29) is 22.8 Å². The van der Waals surface area contributed by atoms with E-state index in [1.807, 2.05) is 30.3 Å². The van der Waals surface area contributed by atoms with Crippen LogP contribution in [0, 0.1) is 13.8 Å². The molecule has 104 valence electrons. The van der Waals surface area contributed by atoms with E-state index in [0.29, 0.717) is 24.0 Å². The SMILES string of the molecule is Cc1cc(C(=O)CCc2ccccc2)c(O)c(C)c1O. The summed E-state index contributed by atoms with van der Waals surface area (Å²) in [5.41, 5.74) is 2.33. The maximum absolute atomic E-state index is 12.2. The topological polar surface area (TPSA) is 57.5 Å². The maximum Gasteiger partial charge on any atom is 0.166 e. The van der Waals surface area contributed by atoms with Crippen molar-refractivity contribution in [2.45, 2.75) is 26.7 Å². The van der Waals surface area contributed by atoms with Gasteiger partial charge in [0.15, 0.2) is 5.78 Å². The lowest BCUT2D eigenvalue weighted by Gasteiger charge is -2.10. The monoisotopic (exact) mass is 270 g/mol. The molecule has 0 radical (unpaired) electrons. The Balaban J connectivity index is 2.18. The van der Waals surface area contributed by atoms with Crippen molar-refractivity contribution in [3.8, 4) is 11.5 Å². The fourth-order valence-electron chi connectivity index (χ4n) is 2.21. The van der Waals surface area contributed by atoms with Gasteiger partial charge in [-0.25, -0.2) is 0 Å². The van der Waals surface area contributed by atoms with Crippen molar-refractivity contribution in [2.75, 3.05) is 0 Å². The summed E-state index contributed by atoms with van der Waals surface area (Å²) in [5.74, 6) is -0.189. The number of carbonyl (C=O) groups excluding carboxylic acids is 1. The number of rotatable bonds is 4. The molecule has 0 spiro atoms. The second-order valence-corrected chi connectivity index (χ2v) is 4.97. The molecule has 0 aliphatic heterocycles. The first-order valence-electron chi connectivity index (χ1n) is 6.60. The van der Waals surface area contributed by atoms with Crippen LogP contribution in [0.15, 0.2) is 36.4 Å². The first kappa shape index (κ1) is 14.1. The molecule has 2 rings (SSSR count). The van der Waals surface area contributed by atoms with Crippen molar-refractivity contribution in [1.29, 1.82) is 0 Å². The van der Waals surface area contributed by atoms with Crippen LogP contribution < -0.4 is 0 Å². The third-order valence-corrected chi connectivity index (χ3v) is 3.48. The summed E-state index contributed by atoms with van der Waals surface area (Å²) >= 11 is 0. The van der Waals surface area contributed by atoms with Gasteiger partial charge in [-0.15, -0.1) is 0 Å². The first-order chi connectivity index (χ1) is 9.50. The summed E-state index contributed by atoms with van der Waals surface area (Å²) in [5, 5.41) is 19.7. The fraction of sp³-hybridized carbons (Fsp3) is 0.235. The molecule has 0 aromatic heterocycles. The van der Waals surface area contributed by atoms with Gasteiger partial charge in [-0.2, -0.15) is 0 Å². The summed E-state index contributed by atoms with van der Waals surface area (Å²) in [6.45, 7) is 3.32. The smallest absolute Gasteiger partial charge is 0.166 e. The maximum atomic E-state index is 12.2. The Kier molecular flexibility index (Phi) is 4.08. The number of hydrogen-bond acceptors (Lipinski definition) is 3. The molecule has 0 bridgehead atoms. The Morgan fingerprint density at radius 2 is 1.70 bits per heavy atom. The highest BCUT2D eigenvalue weighted by Gasteiger charge is 2.17. The summed E-state index contributed by atoms with van der Waals surface area (Å²) in [4.78, 5) is 12.2. The van der Waals surface area contributed by atoms with Crippen molar-refractivity contribution in [3.63, 3.8) is 0 Å². The third kappa shape index (κ3) is 2.82. The van der Waals surface area contributed by atoms with E-state index in [2.05, 4.69) is 0 Å². The van der Waals surface area contributed by atoms with Gasteiger partial charge in [0.05, 0.1) is 5.56 Å². The average Bonchev–Trinajstić information content (AvgIpc) is 2.47. The second kappa shape index (κ2) is 5.78. The first-order valence-corrected chi connectivity index (χ1v) is 6.60. The summed E-state index contributed by atoms with van der Waals surface area (Å²) in [6.07, 6.45) is 0.972. The molecule has 0 saturated carbocycles. The molecule has 2 aromatic carbocycles. The molecule has 3 heteroatoms. The minimum atomic E-state index is -0.119. The predicted molar refractivity (Wildman–Crippen MR) is 78.3 cm³/mol. The quantitative estimate of drug-likeness (QED) is 0.836. The number of aryl methyl sites for hydroxylation is 2. The molecule has 20 heavy (non-hydrogen) atoms. The molecule has 0 aliphatic rings. The zero-order valence-electron chi connectivity index (χ0n) is 11.7. The van der Waals surface area contributed by atoms with Crippen LogP contribution in [0.4, 0.5) is 0 Å². The van der Waals surface area contributed by atoms with Gasteiger partial charge in [0.1, 0.15) is 11.5 Å². The minimum Gasteiger partial charge on any atom is -0.507 e. The molecule has 0 aliphatic carbocycles. The standard InChI is InChI=1S/C17H18O3/c1-11-10-14(17(20)12(2)16(11)19)15(18)9-8-13-6-4-3-5-7-13/h3-7,10,19-20H,8-9H2,1-2H3. The van der Waals surface area contributed by atoms with E-state index in [0.717, 1.165) is 5.56 Å². The zero-order chi connectivity index (χ0) is 14.7. The molecule has 0 fully saturated rings. The fourth-order valence-corrected chi connectivity index (χ4v) is 2.21. The number of carbonyl (C=O) groups is 1. The van der Waals surface area contributed by atoms with Crippen LogP contribution in [0.25, 0.3) is 0 Å². The molecule has 3 nitrogen and oxygen atoms in total. The van der Waals surface area contributed by atoms with E-state index < -0.39 is 0 Å². The van der Waals surface area contributed by atoms with Crippen LogP contribution in [-0.2, 0) is 6.42 Å². The van der Waals surface area contributed by atoms with Gasteiger partial charge in [-0.3, -0.25) is 4.79 Å². The van der Waals surface area contributed by atoms with E-state index in [4.69, 9.17) is 0 Å². The highest BCUT2D eigenvalue weighted by molar-refractivity contribution is 5.99. The second-order valence-electron chi connectivity index (χ2n) is 4.97. The lowest BCUT2D eigenvalue weighted by atomic mass is 9.97. The van der Waals surface area contributed by atoms with Crippen molar-refractivity contribution in [2.24, 2.45) is 0 Å². The van der Waals surface area contributed by atoms with E-state index >= 15 is 0 Å². The van der Waals surface area contributed by atoms with Crippen molar-refractivity contribution in [1.82, 2.24) is 0 Å². The molecule has 2 aromatic rings. The number of ketones is 1. The number of Topliss-reactive ketones (excluding diaryl/α,β-unsaturated/α-hetero) is 1. The number of benzene rings is 2. The van der Waals surface area contributed by atoms with Crippen LogP contribution in [0.1, 0.15) is 33.5 Å². The van der Waals surface area contributed by atoms with Crippen LogP contribution in [0.3, 0.4) is 0 Å². The molecule has 0 amide bonds. The minimum absolute atomic E-state index is 0.0436. The van der Waals surface area contributed by atoms with Crippen molar-refractivity contribution < 1.29 is 15.0 Å². The average molecular weight is 270 g/mol. The van der Waals surface area contributed by atoms with Crippen LogP contribution in [-0.4, -0.2) is 16.0 Å². The van der Waals surface area contributed by atoms with Crippen molar-refractivity contribution >= 4 is 5.78 Å². The Morgan fingerprint density at radius 3 is 2.35 bits per heavy atom. The number of hydrogen-bond donors (Lipinski definition) is 2. The summed E-state index contributed by atoms with van der Waals surface area (Å²) < 4.78 is 0. The van der Waals surface area contributed by atoms with Gasteiger partial charge in [0.25, 0.3) is 0 Å². The van der Waals surface area contributed by atoms with Crippen LogP contribution in [0.2, 0.25) is 0 Å². The predicted octanol–water partition coefficient (Wildman–Crippen LogP) is 3.53. The molecule has 0 unspecified atom stereocenters. The Labute approximate surface area is 118 Å². The molecule has 0 atom stereocenters.